The van der Waals surface area contributed by atoms with Crippen molar-refractivity contribution < 1.29 is 9.53 Å². The summed E-state index contributed by atoms with van der Waals surface area (Å²) in [6, 6.07) is 9.60. The Kier molecular flexibility index (Phi) is 7.19. The zero-order chi connectivity index (χ0) is 28.6. The van der Waals surface area contributed by atoms with Crippen molar-refractivity contribution in [3.05, 3.63) is 56.9 Å². The summed E-state index contributed by atoms with van der Waals surface area (Å²) in [4.78, 5) is 49.8. The Morgan fingerprint density at radius 2 is 2.00 bits per heavy atom. The van der Waals surface area contributed by atoms with Crippen LogP contribution < -0.4 is 21.5 Å². The van der Waals surface area contributed by atoms with Gasteiger partial charge in [-0.25, -0.2) is 9.59 Å². The van der Waals surface area contributed by atoms with E-state index in [0.29, 0.717) is 30.2 Å². The number of nitrogens with one attached hydrogen (secondary N) is 2. The summed E-state index contributed by atoms with van der Waals surface area (Å²) in [5.74, 6) is 6.50. The Hall–Kier alpha value is -4.46. The van der Waals surface area contributed by atoms with Crippen molar-refractivity contribution in [2.45, 2.75) is 65.3 Å². The van der Waals surface area contributed by atoms with E-state index in [1.54, 1.807) is 18.5 Å². The highest BCUT2D eigenvalue weighted by Gasteiger charge is 2.29. The number of para-hydroxylation sites is 1. The minimum Gasteiger partial charge on any atom is -0.444 e. The van der Waals surface area contributed by atoms with Crippen LogP contribution in [0.4, 0.5) is 10.7 Å². The molecule has 40 heavy (non-hydrogen) atoms. The Balaban J connectivity index is 1.54. The first-order valence-electron chi connectivity index (χ1n) is 13.5. The van der Waals surface area contributed by atoms with Crippen LogP contribution in [0.5, 0.6) is 0 Å². The van der Waals surface area contributed by atoms with Gasteiger partial charge in [-0.05, 0) is 58.1 Å². The van der Waals surface area contributed by atoms with Crippen LogP contribution in [-0.2, 0) is 24.9 Å². The van der Waals surface area contributed by atoms with Crippen LogP contribution in [0, 0.1) is 11.8 Å². The van der Waals surface area contributed by atoms with Gasteiger partial charge in [0.05, 0.1) is 13.1 Å². The Morgan fingerprint density at radius 3 is 2.73 bits per heavy atom. The molecule has 0 radical (unpaired) electrons. The number of carbonyl (C=O) groups is 1. The van der Waals surface area contributed by atoms with Crippen LogP contribution in [0.1, 0.15) is 46.2 Å². The second-order valence-corrected chi connectivity index (χ2v) is 11.1. The number of nitrogens with zero attached hydrogens (tertiary/aromatic N) is 5. The van der Waals surface area contributed by atoms with Crippen molar-refractivity contribution in [3.63, 3.8) is 0 Å². The van der Waals surface area contributed by atoms with Gasteiger partial charge in [0.15, 0.2) is 11.2 Å². The first-order valence-corrected chi connectivity index (χ1v) is 13.5. The van der Waals surface area contributed by atoms with Gasteiger partial charge in [0.2, 0.25) is 5.95 Å². The lowest BCUT2D eigenvalue weighted by Gasteiger charge is -2.34. The van der Waals surface area contributed by atoms with E-state index in [-0.39, 0.29) is 19.1 Å². The van der Waals surface area contributed by atoms with E-state index in [9.17, 15) is 14.4 Å². The third-order valence-electron chi connectivity index (χ3n) is 6.97. The lowest BCUT2D eigenvalue weighted by Crippen LogP contribution is -2.49. The van der Waals surface area contributed by atoms with Gasteiger partial charge >= 0.3 is 11.8 Å². The highest BCUT2D eigenvalue weighted by molar-refractivity contribution is 5.80. The number of aromatic amines is 1. The summed E-state index contributed by atoms with van der Waals surface area (Å²) in [6.45, 7) is 8.73. The summed E-state index contributed by atoms with van der Waals surface area (Å²) in [6.07, 6.45) is 1.14. The summed E-state index contributed by atoms with van der Waals surface area (Å²) < 4.78 is 9.87. The highest BCUT2D eigenvalue weighted by Crippen LogP contribution is 2.24. The molecule has 1 aromatic carbocycles. The number of H-pyrrole nitrogens is 1. The predicted octanol–water partition coefficient (Wildman–Crippen LogP) is 2.94. The van der Waals surface area contributed by atoms with Gasteiger partial charge < -0.3 is 19.9 Å². The number of hydrogen-bond acceptors (Lipinski definition) is 6. The van der Waals surface area contributed by atoms with Crippen molar-refractivity contribution in [1.29, 1.82) is 0 Å². The number of benzene rings is 1. The lowest BCUT2D eigenvalue weighted by molar-refractivity contribution is 0.0499. The van der Waals surface area contributed by atoms with E-state index in [2.05, 4.69) is 22.1 Å². The van der Waals surface area contributed by atoms with Crippen LogP contribution in [-0.4, -0.2) is 54.5 Å². The van der Waals surface area contributed by atoms with Crippen LogP contribution in [0.3, 0.4) is 0 Å². The summed E-state index contributed by atoms with van der Waals surface area (Å²) in [7, 11) is 1.63. The van der Waals surface area contributed by atoms with Gasteiger partial charge in [-0.1, -0.05) is 24.1 Å². The monoisotopic (exact) mass is 545 g/mol. The molecule has 210 valence electrons. The van der Waals surface area contributed by atoms with Crippen molar-refractivity contribution >= 4 is 34.1 Å². The molecule has 0 saturated carbocycles. The smallest absolute Gasteiger partial charge is 0.407 e. The van der Waals surface area contributed by atoms with Crippen LogP contribution in [0.15, 0.2) is 39.9 Å². The lowest BCUT2D eigenvalue weighted by atomic mass is 10.1. The Labute approximate surface area is 231 Å². The van der Waals surface area contributed by atoms with Crippen LogP contribution >= 0.6 is 0 Å². The van der Waals surface area contributed by atoms with Crippen molar-refractivity contribution in [3.8, 4) is 11.8 Å². The average Bonchev–Trinajstić information content (AvgIpc) is 3.49. The highest BCUT2D eigenvalue weighted by atomic mass is 16.6. The minimum absolute atomic E-state index is 0.0989. The number of amides is 1. The molecular weight excluding hydrogens is 510 g/mol. The third-order valence-corrected chi connectivity index (χ3v) is 6.97. The molecule has 0 aliphatic carbocycles. The van der Waals surface area contributed by atoms with Crippen molar-refractivity contribution in [2.24, 2.45) is 7.05 Å². The first-order chi connectivity index (χ1) is 19.1. The molecule has 1 unspecified atom stereocenters. The van der Waals surface area contributed by atoms with Crippen molar-refractivity contribution in [2.75, 3.05) is 18.0 Å². The number of imidazole rings is 1. The van der Waals surface area contributed by atoms with E-state index < -0.39 is 22.9 Å². The zero-order valence-corrected chi connectivity index (χ0v) is 23.6. The topological polar surface area (TPSA) is 119 Å². The van der Waals surface area contributed by atoms with E-state index in [0.717, 1.165) is 29.4 Å². The molecule has 1 atom stereocenters. The molecule has 0 spiro atoms. The quantitative estimate of drug-likeness (QED) is 0.372. The molecule has 1 fully saturated rings. The van der Waals surface area contributed by atoms with Gasteiger partial charge in [-0.2, -0.15) is 4.98 Å². The molecule has 1 saturated heterocycles. The maximum Gasteiger partial charge on any atom is 0.407 e. The number of rotatable bonds is 5. The number of aromatic nitrogens is 5. The molecule has 4 heterocycles. The van der Waals surface area contributed by atoms with E-state index in [1.807, 2.05) is 56.0 Å². The van der Waals surface area contributed by atoms with E-state index in [4.69, 9.17) is 9.72 Å². The third kappa shape index (κ3) is 5.34. The van der Waals surface area contributed by atoms with Gasteiger partial charge in [0, 0.05) is 37.4 Å². The van der Waals surface area contributed by atoms with Crippen LogP contribution in [0.2, 0.25) is 0 Å². The molecule has 1 amide bonds. The molecule has 11 nitrogen and oxygen atoms in total. The maximum atomic E-state index is 13.9. The molecule has 0 bridgehead atoms. The normalized spacial score (nSPS) is 15.7. The largest absolute Gasteiger partial charge is 0.444 e. The predicted molar refractivity (Wildman–Crippen MR) is 155 cm³/mol. The molecule has 2 N–H and O–H groups in total. The number of piperidine rings is 1. The Morgan fingerprint density at radius 1 is 1.23 bits per heavy atom. The fraction of sp³-hybridized carbons (Fsp3) is 0.448. The maximum absolute atomic E-state index is 13.9. The standard InChI is InChI=1S/C29H35N7O4/c1-6-7-15-35-23-24(32-26(35)34-14-10-12-20(17-34)31-27(38)40-29(2,3)4)33(5)28(39)36(25(23)37)18-21-16-19-11-8-9-13-22(19)30-21/h8-9,11,13,16,20,30H,10,12,14-15,17-18H2,1-5H3,(H,31,38). The molecule has 5 rings (SSSR count). The molecule has 11 heteroatoms. The van der Waals surface area contributed by atoms with Gasteiger partial charge in [0.1, 0.15) is 5.60 Å². The number of ether oxygens (including phenoxy) is 1. The van der Waals surface area contributed by atoms with Crippen LogP contribution in [0.25, 0.3) is 22.1 Å². The van der Waals surface area contributed by atoms with Gasteiger partial charge in [0.25, 0.3) is 5.56 Å². The van der Waals surface area contributed by atoms with Crippen molar-refractivity contribution in [1.82, 2.24) is 29.0 Å². The second kappa shape index (κ2) is 10.6. The number of aryl methyl sites for hydroxylation is 1. The summed E-state index contributed by atoms with van der Waals surface area (Å²) in [5.41, 5.74) is 0.852. The molecule has 1 aliphatic rings. The number of hydrogen-bond donors (Lipinski definition) is 2. The number of alkyl carbamates (subject to hydrolysis) is 1. The molecular formula is C29H35N7O4. The zero-order valence-electron chi connectivity index (χ0n) is 23.6. The fourth-order valence-corrected chi connectivity index (χ4v) is 5.19. The second-order valence-electron chi connectivity index (χ2n) is 11.1. The number of anilines is 1. The van der Waals surface area contributed by atoms with Gasteiger partial charge in [-0.15, -0.1) is 5.92 Å². The van der Waals surface area contributed by atoms with E-state index >= 15 is 0 Å². The first kappa shape index (κ1) is 27.1. The van der Waals surface area contributed by atoms with E-state index in [1.165, 1.54) is 9.13 Å². The summed E-state index contributed by atoms with van der Waals surface area (Å²) >= 11 is 0. The number of fused-ring (bicyclic) bond motifs is 2. The summed E-state index contributed by atoms with van der Waals surface area (Å²) in [5, 5.41) is 3.97. The van der Waals surface area contributed by atoms with Gasteiger partial charge in [-0.3, -0.25) is 18.5 Å². The molecule has 1 aliphatic heterocycles. The minimum atomic E-state index is -0.594. The molecule has 4 aromatic rings. The fourth-order valence-electron chi connectivity index (χ4n) is 5.19. The SMILES string of the molecule is CC#CCn1c(N2CCCC(NC(=O)OC(C)(C)C)C2)nc2c1c(=O)n(Cc1cc3ccccc3[nH]1)c(=O)n2C. The number of carbonyl (C=O) groups excluding carboxylic acids is 1. The Bertz CT molecular complexity index is 1720. The molecule has 3 aromatic heterocycles. The average molecular weight is 546 g/mol.